The fraction of sp³-hybridized carbons (Fsp3) is 0.111. The fourth-order valence-electron chi connectivity index (χ4n) is 2.36. The number of hydrogen-bond acceptors (Lipinski definition) is 4. The predicted octanol–water partition coefficient (Wildman–Crippen LogP) is 2.15. The van der Waals surface area contributed by atoms with E-state index in [1.165, 1.54) is 7.05 Å². The molecule has 1 N–H and O–H groups in total. The van der Waals surface area contributed by atoms with Gasteiger partial charge in [-0.1, -0.05) is 29.8 Å². The van der Waals surface area contributed by atoms with Crippen LogP contribution >= 0.6 is 11.6 Å². The van der Waals surface area contributed by atoms with E-state index in [0.717, 1.165) is 14.8 Å². The molecule has 0 unspecified atom stereocenters. The standard InChI is InChI=1S/C18H15ClN4O3/c1-11-5-3-4-6-14(11)20-16(24)15-17(25)22(2)18(26)23(21-15)13-9-7-12(19)8-10-13/h3-10H,1-2H3,(H,20,24). The summed E-state index contributed by atoms with van der Waals surface area (Å²) in [6.07, 6.45) is 0. The van der Waals surface area contributed by atoms with Crippen LogP contribution < -0.4 is 16.6 Å². The monoisotopic (exact) mass is 370 g/mol. The van der Waals surface area contributed by atoms with Crippen LogP contribution in [0, 0.1) is 6.92 Å². The zero-order valence-electron chi connectivity index (χ0n) is 14.1. The summed E-state index contributed by atoms with van der Waals surface area (Å²) < 4.78 is 1.83. The first-order valence-electron chi connectivity index (χ1n) is 7.72. The topological polar surface area (TPSA) is 86.0 Å². The molecule has 1 amide bonds. The van der Waals surface area contributed by atoms with Gasteiger partial charge in [-0.15, -0.1) is 0 Å². The van der Waals surface area contributed by atoms with Crippen LogP contribution in [0.2, 0.25) is 5.02 Å². The number of nitrogens with zero attached hydrogens (tertiary/aromatic N) is 3. The van der Waals surface area contributed by atoms with Gasteiger partial charge in [0.25, 0.3) is 11.5 Å². The molecular weight excluding hydrogens is 356 g/mol. The molecule has 0 atom stereocenters. The summed E-state index contributed by atoms with van der Waals surface area (Å²) in [5, 5.41) is 7.11. The summed E-state index contributed by atoms with van der Waals surface area (Å²) in [6, 6.07) is 13.5. The molecule has 0 aliphatic carbocycles. The smallest absolute Gasteiger partial charge is 0.320 e. The highest BCUT2D eigenvalue weighted by atomic mass is 35.5. The maximum absolute atomic E-state index is 12.6. The van der Waals surface area contributed by atoms with E-state index in [-0.39, 0.29) is 5.69 Å². The Morgan fingerprint density at radius 2 is 1.73 bits per heavy atom. The molecule has 0 aliphatic rings. The summed E-state index contributed by atoms with van der Waals surface area (Å²) in [6.45, 7) is 1.83. The Morgan fingerprint density at radius 1 is 1.08 bits per heavy atom. The molecule has 0 bridgehead atoms. The number of para-hydroxylation sites is 1. The summed E-state index contributed by atoms with van der Waals surface area (Å²) in [7, 11) is 1.29. The zero-order valence-corrected chi connectivity index (χ0v) is 14.8. The highest BCUT2D eigenvalue weighted by molar-refractivity contribution is 6.30. The van der Waals surface area contributed by atoms with Crippen LogP contribution in [-0.2, 0) is 7.05 Å². The maximum atomic E-state index is 12.6. The molecule has 1 aromatic heterocycles. The van der Waals surface area contributed by atoms with Gasteiger partial charge in [-0.2, -0.15) is 9.78 Å². The number of rotatable bonds is 3. The Labute approximate surface area is 153 Å². The van der Waals surface area contributed by atoms with Crippen molar-refractivity contribution in [2.45, 2.75) is 6.92 Å². The van der Waals surface area contributed by atoms with Crippen LogP contribution in [0.15, 0.2) is 58.1 Å². The summed E-state index contributed by atoms with van der Waals surface area (Å²) in [5.74, 6) is -0.692. The van der Waals surface area contributed by atoms with Crippen molar-refractivity contribution in [3.63, 3.8) is 0 Å². The van der Waals surface area contributed by atoms with Crippen LogP contribution in [0.1, 0.15) is 16.1 Å². The molecule has 0 saturated carbocycles. The third-order valence-corrected chi connectivity index (χ3v) is 4.11. The number of nitrogens with one attached hydrogen (secondary N) is 1. The van der Waals surface area contributed by atoms with Gasteiger partial charge in [0.05, 0.1) is 5.69 Å². The highest BCUT2D eigenvalue weighted by Gasteiger charge is 2.19. The molecular formula is C18H15ClN4O3. The number of aromatic nitrogens is 3. The molecule has 7 nitrogen and oxygen atoms in total. The largest absolute Gasteiger partial charge is 0.351 e. The van der Waals surface area contributed by atoms with Crippen molar-refractivity contribution in [1.82, 2.24) is 14.3 Å². The minimum Gasteiger partial charge on any atom is -0.320 e. The molecule has 2 aromatic carbocycles. The van der Waals surface area contributed by atoms with Crippen LogP contribution in [0.25, 0.3) is 5.69 Å². The molecule has 3 aromatic rings. The van der Waals surface area contributed by atoms with Crippen molar-refractivity contribution in [2.75, 3.05) is 5.32 Å². The van der Waals surface area contributed by atoms with Crippen molar-refractivity contribution in [2.24, 2.45) is 7.05 Å². The average Bonchev–Trinajstić information content (AvgIpc) is 2.63. The number of benzene rings is 2. The number of anilines is 1. The van der Waals surface area contributed by atoms with Gasteiger partial charge >= 0.3 is 5.69 Å². The third kappa shape index (κ3) is 3.29. The van der Waals surface area contributed by atoms with E-state index in [0.29, 0.717) is 16.4 Å². The molecule has 0 aliphatic heterocycles. The quantitative estimate of drug-likeness (QED) is 0.765. The van der Waals surface area contributed by atoms with Crippen molar-refractivity contribution >= 4 is 23.2 Å². The maximum Gasteiger partial charge on any atom is 0.351 e. The lowest BCUT2D eigenvalue weighted by Crippen LogP contribution is -2.43. The Kier molecular flexibility index (Phi) is 4.73. The van der Waals surface area contributed by atoms with Crippen molar-refractivity contribution in [1.29, 1.82) is 0 Å². The first-order chi connectivity index (χ1) is 12.4. The van der Waals surface area contributed by atoms with Gasteiger partial charge in [-0.05, 0) is 42.8 Å². The first-order valence-corrected chi connectivity index (χ1v) is 8.09. The van der Waals surface area contributed by atoms with E-state index in [1.54, 1.807) is 36.4 Å². The number of carbonyl (C=O) groups excluding carboxylic acids is 1. The Hall–Kier alpha value is -3.19. The van der Waals surface area contributed by atoms with E-state index in [9.17, 15) is 14.4 Å². The number of amides is 1. The number of carbonyl (C=O) groups is 1. The molecule has 132 valence electrons. The summed E-state index contributed by atoms with van der Waals surface area (Å²) in [5.41, 5.74) is -0.0319. The fourth-order valence-corrected chi connectivity index (χ4v) is 2.49. The number of halogens is 1. The summed E-state index contributed by atoms with van der Waals surface area (Å²) >= 11 is 5.86. The number of aryl methyl sites for hydroxylation is 1. The molecule has 0 radical (unpaired) electrons. The van der Waals surface area contributed by atoms with Gasteiger partial charge in [0.15, 0.2) is 0 Å². The van der Waals surface area contributed by atoms with Gasteiger partial charge in [0, 0.05) is 17.8 Å². The molecule has 26 heavy (non-hydrogen) atoms. The highest BCUT2D eigenvalue weighted by Crippen LogP contribution is 2.14. The van der Waals surface area contributed by atoms with Gasteiger partial charge in [0.1, 0.15) is 0 Å². The van der Waals surface area contributed by atoms with E-state index in [4.69, 9.17) is 11.6 Å². The molecule has 0 fully saturated rings. The van der Waals surface area contributed by atoms with Crippen LogP contribution in [0.3, 0.4) is 0 Å². The lowest BCUT2D eigenvalue weighted by atomic mass is 10.2. The zero-order chi connectivity index (χ0) is 18.8. The van der Waals surface area contributed by atoms with E-state index >= 15 is 0 Å². The predicted molar refractivity (Wildman–Crippen MR) is 99.2 cm³/mol. The second kappa shape index (κ2) is 6.97. The average molecular weight is 371 g/mol. The van der Waals surface area contributed by atoms with Crippen LogP contribution in [-0.4, -0.2) is 20.3 Å². The second-order valence-electron chi connectivity index (χ2n) is 5.65. The Balaban J connectivity index is 2.09. The minimum absolute atomic E-state index is 0.384. The van der Waals surface area contributed by atoms with Crippen LogP contribution in [0.4, 0.5) is 5.69 Å². The van der Waals surface area contributed by atoms with E-state index in [2.05, 4.69) is 10.4 Å². The second-order valence-corrected chi connectivity index (χ2v) is 6.09. The summed E-state index contributed by atoms with van der Waals surface area (Å²) in [4.78, 5) is 37.3. The van der Waals surface area contributed by atoms with Crippen molar-refractivity contribution < 1.29 is 4.79 Å². The van der Waals surface area contributed by atoms with Crippen LogP contribution in [0.5, 0.6) is 0 Å². The minimum atomic E-state index is -0.772. The van der Waals surface area contributed by atoms with Gasteiger partial charge < -0.3 is 5.32 Å². The van der Waals surface area contributed by atoms with Crippen molar-refractivity contribution in [3.8, 4) is 5.69 Å². The Bertz CT molecular complexity index is 1100. The lowest BCUT2D eigenvalue weighted by Gasteiger charge is -2.11. The molecule has 0 saturated heterocycles. The molecule has 1 heterocycles. The lowest BCUT2D eigenvalue weighted by molar-refractivity contribution is 0.101. The Morgan fingerprint density at radius 3 is 2.38 bits per heavy atom. The van der Waals surface area contributed by atoms with E-state index < -0.39 is 17.2 Å². The molecule has 0 spiro atoms. The van der Waals surface area contributed by atoms with E-state index in [1.807, 2.05) is 19.1 Å². The SMILES string of the molecule is Cc1ccccc1NC(=O)c1nn(-c2ccc(Cl)cc2)c(=O)n(C)c1=O. The third-order valence-electron chi connectivity index (χ3n) is 3.85. The normalized spacial score (nSPS) is 10.6. The van der Waals surface area contributed by atoms with Gasteiger partial charge in [-0.3, -0.25) is 14.2 Å². The van der Waals surface area contributed by atoms with Gasteiger partial charge in [0.2, 0.25) is 5.69 Å². The van der Waals surface area contributed by atoms with Gasteiger partial charge in [-0.25, -0.2) is 4.79 Å². The molecule has 3 rings (SSSR count). The number of hydrogen-bond donors (Lipinski definition) is 1. The molecule has 8 heteroatoms. The first kappa shape index (κ1) is 17.6. The van der Waals surface area contributed by atoms with Crippen molar-refractivity contribution in [3.05, 3.63) is 85.6 Å².